The maximum absolute atomic E-state index is 15.1. The largest absolute Gasteiger partial charge is 0.464 e. The first kappa shape index (κ1) is 75.1. The third-order valence-corrected chi connectivity index (χ3v) is 17.3. The monoisotopic (exact) mass is 1210 g/mol. The van der Waals surface area contributed by atoms with Crippen molar-refractivity contribution < 1.29 is 52.2 Å². The molecule has 11 N–H and O–H groups in total. The van der Waals surface area contributed by atoms with Gasteiger partial charge in [-0.3, -0.25) is 18.7 Å². The molecule has 24 nitrogen and oxygen atoms in total. The predicted molar refractivity (Wildman–Crippen MR) is 322 cm³/mol. The molecule has 27 heteroatoms. The van der Waals surface area contributed by atoms with Crippen molar-refractivity contribution in [1.82, 2.24) is 55.4 Å². The van der Waals surface area contributed by atoms with E-state index in [0.29, 0.717) is 80.9 Å². The fourth-order valence-electron chi connectivity index (χ4n) is 8.45. The summed E-state index contributed by atoms with van der Waals surface area (Å²) in [7, 11) is -7.99. The maximum atomic E-state index is 15.1. The van der Waals surface area contributed by atoms with Gasteiger partial charge in [0, 0.05) is 6.61 Å². The molecule has 4 aromatic rings. The molecule has 0 saturated carbocycles. The molecule has 4 rings (SSSR count). The quantitative estimate of drug-likeness (QED) is 0.00944. The number of ether oxygens (including phenoxy) is 5. The molecular weight excluding hydrogens is 1100 g/mol. The fraction of sp³-hybridized carbons (Fsp3) is 0.778. The van der Waals surface area contributed by atoms with Crippen LogP contribution in [0.1, 0.15) is 192 Å². The Morgan fingerprint density at radius 1 is 0.593 bits per heavy atom. The van der Waals surface area contributed by atoms with Crippen molar-refractivity contribution in [3.63, 3.8) is 0 Å². The molecule has 0 saturated heterocycles. The zero-order valence-corrected chi connectivity index (χ0v) is 53.2. The summed E-state index contributed by atoms with van der Waals surface area (Å²) in [6.45, 7) is 24.5. The lowest BCUT2D eigenvalue weighted by Crippen LogP contribution is -2.57. The lowest BCUT2D eigenvalue weighted by Gasteiger charge is -2.40. The van der Waals surface area contributed by atoms with Gasteiger partial charge in [0.2, 0.25) is 7.44 Å². The number of nitrogens with two attached hydrogens (primary N) is 2. The van der Waals surface area contributed by atoms with Crippen LogP contribution in [-0.4, -0.2) is 128 Å². The predicted octanol–water partition coefficient (Wildman–Crippen LogP) is 11.0. The van der Waals surface area contributed by atoms with Gasteiger partial charge in [0.15, 0.2) is 22.9 Å². The van der Waals surface area contributed by atoms with Gasteiger partial charge in [-0.2, -0.15) is 0 Å². The second-order valence-corrected chi connectivity index (χ2v) is 25.0. The van der Waals surface area contributed by atoms with E-state index in [1.165, 1.54) is 44.7 Å². The number of unbranched alkanes of at least 4 members (excludes halogenated alkanes) is 9. The van der Waals surface area contributed by atoms with E-state index in [0.717, 1.165) is 70.8 Å². The van der Waals surface area contributed by atoms with Gasteiger partial charge in [0.1, 0.15) is 47.5 Å². The van der Waals surface area contributed by atoms with Gasteiger partial charge in [0.25, 0.3) is 0 Å². The molecule has 0 amide bonds. The summed E-state index contributed by atoms with van der Waals surface area (Å²) in [6, 6.07) is 0. The molecule has 4 aromatic heterocycles. The number of halogens is 1. The first-order chi connectivity index (χ1) is 38.0. The number of alkyl halides is 1. The highest BCUT2D eigenvalue weighted by Gasteiger charge is 2.48. The molecule has 0 fully saturated rings. The van der Waals surface area contributed by atoms with Gasteiger partial charge in [-0.15, -0.1) is 11.6 Å². The number of aromatic nitrogens is 8. The van der Waals surface area contributed by atoms with Gasteiger partial charge in [0.05, 0.1) is 62.6 Å². The lowest BCUT2D eigenvalue weighted by atomic mass is 9.94. The molecular formula is C54H102ClN13O11P2. The Bertz CT molecular complexity index is 2420. The van der Waals surface area contributed by atoms with E-state index in [4.69, 9.17) is 56.5 Å². The highest BCUT2D eigenvalue weighted by molar-refractivity contribution is 7.59. The average molecular weight is 1210 g/mol. The second-order valence-electron chi connectivity index (χ2n) is 20.4. The number of nitrogens with zero attached hydrogens (tertiary/aromatic N) is 8. The summed E-state index contributed by atoms with van der Waals surface area (Å²) < 4.78 is 57.6. The van der Waals surface area contributed by atoms with Gasteiger partial charge in [-0.1, -0.05) is 120 Å². The van der Waals surface area contributed by atoms with E-state index < -0.39 is 56.6 Å². The van der Waals surface area contributed by atoms with Crippen molar-refractivity contribution in [3.8, 4) is 0 Å². The Morgan fingerprint density at radius 3 is 1.33 bits per heavy atom. The number of hydrogen-bond acceptors (Lipinski definition) is 18. The number of anilines is 2. The molecule has 0 aliphatic carbocycles. The maximum Gasteiger partial charge on any atom is 0.350 e. The number of imidazole rings is 2. The molecule has 0 bridgehead atoms. The third kappa shape index (κ3) is 25.8. The molecule has 0 radical (unpaired) electrons. The SMILES string of the molecule is CCCCCCOC(=O)C(CC)(CC)NP(=O)(CO[C@H](C)Cn1cnc2c(N)ncnc21)NC(CC)(CC)C(=O)OCCCCCC.CCCCCCOCC(Cl)(CC)CC.C[C@H](Cn1cnc2c(N)ncnc21)OCP(=O)(O)O.N. The third-order valence-electron chi connectivity index (χ3n) is 14.1. The van der Waals surface area contributed by atoms with Crippen molar-refractivity contribution >= 4 is 72.5 Å². The number of nitrogen functional groups attached to an aromatic ring is 2. The Kier molecular flexibility index (Phi) is 36.0. The summed E-state index contributed by atoms with van der Waals surface area (Å²) >= 11 is 6.32. The summed E-state index contributed by atoms with van der Waals surface area (Å²) in [6.07, 6.45) is 20.2. The van der Waals surface area contributed by atoms with E-state index >= 15 is 4.57 Å². The minimum atomic E-state index is -4.16. The number of rotatable bonds is 39. The van der Waals surface area contributed by atoms with E-state index in [-0.39, 0.29) is 29.0 Å². The number of esters is 2. The summed E-state index contributed by atoms with van der Waals surface area (Å²) in [4.78, 5) is 69.1. The number of hydrogen-bond donors (Lipinski definition) is 7. The van der Waals surface area contributed by atoms with Crippen LogP contribution >= 0.6 is 26.6 Å². The molecule has 0 unspecified atom stereocenters. The number of carbonyl (C=O) groups excluding carboxylic acids is 2. The summed E-state index contributed by atoms with van der Waals surface area (Å²) in [5, 5.41) is 6.38. The fourth-order valence-corrected chi connectivity index (χ4v) is 11.8. The van der Waals surface area contributed by atoms with Crippen molar-refractivity contribution in [3.05, 3.63) is 25.3 Å². The Labute approximate surface area is 487 Å². The first-order valence-corrected chi connectivity index (χ1v) is 33.0. The van der Waals surface area contributed by atoms with Gasteiger partial charge in [-0.25, -0.2) is 40.1 Å². The van der Waals surface area contributed by atoms with Crippen LogP contribution in [0.2, 0.25) is 0 Å². The van der Waals surface area contributed by atoms with Crippen molar-refractivity contribution in [2.75, 3.05) is 50.6 Å². The normalized spacial score (nSPS) is 13.0. The van der Waals surface area contributed by atoms with Gasteiger partial charge < -0.3 is 60.2 Å². The molecule has 81 heavy (non-hydrogen) atoms. The Hall–Kier alpha value is -3.93. The van der Waals surface area contributed by atoms with Crippen LogP contribution < -0.4 is 27.8 Å². The van der Waals surface area contributed by atoms with Crippen molar-refractivity contribution in [2.45, 2.75) is 233 Å². The van der Waals surface area contributed by atoms with Gasteiger partial charge >= 0.3 is 19.5 Å². The standard InChI is InChI=1S/C33H60N7O6P.C12H25ClO.C9H14N5O4P.H3N/c1-8-14-16-18-20-44-30(41)32(10-3,11-4)38-47(43,39-33(12-5,13-6)31(42)45-21-19-17-15-9-2)25-46-26(7)22-40-24-37-27-28(34)35-23-36-29(27)40;1-4-7-8-9-10-14-11-12(13,5-2)6-3;1-6(18-5-19(15,16)17)2-14-4-13-7-8(10)11-3-12-9(7)14;/h23-24,26H,8-22,25H2,1-7H3,(H2,34,35,36)(H2,38,39,43);4-11H2,1-3H3;3-4,6H,2,5H2,1H3,(H2,10,11,12)(H2,15,16,17);1H3/t26-;;6-;/m1.1./s1. The van der Waals surface area contributed by atoms with E-state index in [2.05, 4.69) is 74.7 Å². The molecule has 0 aliphatic heterocycles. The second kappa shape index (κ2) is 38.8. The molecule has 4 heterocycles. The first-order valence-electron chi connectivity index (χ1n) is 28.9. The van der Waals surface area contributed by atoms with Crippen LogP contribution in [0.5, 0.6) is 0 Å². The van der Waals surface area contributed by atoms with Crippen LogP contribution in [0.3, 0.4) is 0 Å². The summed E-state index contributed by atoms with van der Waals surface area (Å²) in [5.41, 5.74) is 11.2. The highest BCUT2D eigenvalue weighted by Crippen LogP contribution is 2.45. The molecule has 0 aromatic carbocycles. The molecule has 466 valence electrons. The number of carbonyl (C=O) groups is 2. The zero-order valence-electron chi connectivity index (χ0n) is 50.6. The van der Waals surface area contributed by atoms with Crippen molar-refractivity contribution in [1.29, 1.82) is 0 Å². The van der Waals surface area contributed by atoms with Gasteiger partial charge in [-0.05, 0) is 71.6 Å². The minimum Gasteiger partial charge on any atom is -0.464 e. The molecule has 0 spiro atoms. The average Bonchev–Trinajstić information content (AvgIpc) is 4.08. The minimum absolute atomic E-state index is 0. The molecule has 0 aliphatic rings. The van der Waals surface area contributed by atoms with E-state index in [9.17, 15) is 14.2 Å². The number of nitrogens with one attached hydrogen (secondary N) is 2. The van der Waals surface area contributed by atoms with E-state index in [1.54, 1.807) is 22.4 Å². The number of fused-ring (bicyclic) bond motifs is 2. The summed E-state index contributed by atoms with van der Waals surface area (Å²) in [5.74, 6) is -0.366. The lowest BCUT2D eigenvalue weighted by molar-refractivity contribution is -0.151. The van der Waals surface area contributed by atoms with Crippen LogP contribution in [0.4, 0.5) is 11.6 Å². The zero-order chi connectivity index (χ0) is 59.8. The smallest absolute Gasteiger partial charge is 0.350 e. The van der Waals surface area contributed by atoms with Crippen LogP contribution in [0, 0.1) is 0 Å². The Morgan fingerprint density at radius 2 is 0.975 bits per heavy atom. The highest BCUT2D eigenvalue weighted by atomic mass is 35.5. The molecule has 2 atom stereocenters. The Balaban J connectivity index is 0.000000781. The topological polar surface area (TPSA) is 353 Å². The van der Waals surface area contributed by atoms with Crippen molar-refractivity contribution in [2.24, 2.45) is 0 Å². The van der Waals surface area contributed by atoms with Crippen LogP contribution in [0.25, 0.3) is 22.3 Å². The van der Waals surface area contributed by atoms with E-state index in [1.807, 2.05) is 34.6 Å². The van der Waals surface area contributed by atoms with Crippen LogP contribution in [0.15, 0.2) is 25.3 Å². The van der Waals surface area contributed by atoms with Crippen LogP contribution in [-0.2, 0) is 55.5 Å².